The van der Waals surface area contributed by atoms with Gasteiger partial charge in [-0.2, -0.15) is 0 Å². The summed E-state index contributed by atoms with van der Waals surface area (Å²) in [6, 6.07) is 0. The fourth-order valence-electron chi connectivity index (χ4n) is 2.48. The van der Waals surface area contributed by atoms with Crippen LogP contribution < -0.4 is 11.1 Å². The third kappa shape index (κ3) is 4.55. The summed E-state index contributed by atoms with van der Waals surface area (Å²) < 4.78 is 0. The van der Waals surface area contributed by atoms with Gasteiger partial charge in [0.25, 0.3) is 0 Å². The Morgan fingerprint density at radius 1 is 1.33 bits per heavy atom. The Hall–Kier alpha value is -0.660. The van der Waals surface area contributed by atoms with Gasteiger partial charge in [0.1, 0.15) is 0 Å². The first-order chi connectivity index (χ1) is 8.75. The van der Waals surface area contributed by atoms with Crippen molar-refractivity contribution in [1.82, 2.24) is 5.32 Å². The lowest BCUT2D eigenvalue weighted by atomic mass is 9.79. The van der Waals surface area contributed by atoms with E-state index < -0.39 is 0 Å². The lowest BCUT2D eigenvalue weighted by Crippen LogP contribution is -2.46. The van der Waals surface area contributed by atoms with E-state index in [1.807, 2.05) is 0 Å². The van der Waals surface area contributed by atoms with Crippen molar-refractivity contribution in [2.45, 2.75) is 38.5 Å². The summed E-state index contributed by atoms with van der Waals surface area (Å²) in [5.41, 5.74) is 5.56. The molecular formula is C14H24N2OS. The van der Waals surface area contributed by atoms with E-state index in [4.69, 9.17) is 12.2 Å². The summed E-state index contributed by atoms with van der Waals surface area (Å²) in [6.45, 7) is 1.16. The monoisotopic (exact) mass is 268 g/mol. The fourth-order valence-corrected chi connectivity index (χ4v) is 2.99. The second-order valence-corrected chi connectivity index (χ2v) is 6.02. The molecule has 3 nitrogen and oxygen atoms in total. The van der Waals surface area contributed by atoms with Crippen molar-refractivity contribution < 1.29 is 4.79 Å². The van der Waals surface area contributed by atoms with Crippen LogP contribution in [0.15, 0.2) is 0 Å². The Balaban J connectivity index is 2.38. The highest BCUT2D eigenvalue weighted by atomic mass is 32.2. The van der Waals surface area contributed by atoms with Crippen molar-refractivity contribution in [2.75, 3.05) is 24.6 Å². The number of carbonyl (C=O) groups excluding carboxylic acids is 1. The maximum absolute atomic E-state index is 12.3. The molecule has 0 heterocycles. The molecule has 0 unspecified atom stereocenters. The van der Waals surface area contributed by atoms with Crippen LogP contribution in [0.4, 0.5) is 0 Å². The minimum atomic E-state index is -0.312. The molecule has 1 amide bonds. The van der Waals surface area contributed by atoms with Crippen LogP contribution in [0.1, 0.15) is 38.5 Å². The molecular weight excluding hydrogens is 244 g/mol. The molecule has 0 spiro atoms. The van der Waals surface area contributed by atoms with Gasteiger partial charge in [-0.05, 0) is 12.8 Å². The van der Waals surface area contributed by atoms with E-state index in [2.05, 4.69) is 11.2 Å². The zero-order valence-electron chi connectivity index (χ0n) is 11.0. The molecule has 1 aliphatic carbocycles. The summed E-state index contributed by atoms with van der Waals surface area (Å²) in [4.78, 5) is 12.3. The Morgan fingerprint density at radius 2 is 2.00 bits per heavy atom. The SMILES string of the molecule is C#CCSCCNC(=O)C1(CN)CCCCCC1. The summed E-state index contributed by atoms with van der Waals surface area (Å²) in [6.07, 6.45) is 11.7. The lowest BCUT2D eigenvalue weighted by Gasteiger charge is -2.29. The molecule has 0 aromatic rings. The Morgan fingerprint density at radius 3 is 2.56 bits per heavy atom. The predicted molar refractivity (Wildman–Crippen MR) is 78.4 cm³/mol. The third-order valence-corrected chi connectivity index (χ3v) is 4.51. The van der Waals surface area contributed by atoms with E-state index in [0.717, 1.165) is 31.4 Å². The second-order valence-electron chi connectivity index (χ2n) is 4.91. The summed E-state index contributed by atoms with van der Waals surface area (Å²) in [7, 11) is 0. The third-order valence-electron chi connectivity index (χ3n) is 3.65. The molecule has 0 aliphatic heterocycles. The number of hydrogen-bond donors (Lipinski definition) is 2. The maximum atomic E-state index is 12.3. The highest BCUT2D eigenvalue weighted by Gasteiger charge is 2.36. The van der Waals surface area contributed by atoms with Crippen LogP contribution in [0, 0.1) is 17.8 Å². The topological polar surface area (TPSA) is 55.1 Å². The van der Waals surface area contributed by atoms with Gasteiger partial charge in [0.2, 0.25) is 5.91 Å². The average Bonchev–Trinajstić information content (AvgIpc) is 2.64. The number of nitrogens with two attached hydrogens (primary N) is 1. The van der Waals surface area contributed by atoms with E-state index in [9.17, 15) is 4.79 Å². The molecule has 102 valence electrons. The van der Waals surface area contributed by atoms with Crippen LogP contribution in [-0.4, -0.2) is 30.5 Å². The number of terminal acetylenes is 1. The van der Waals surface area contributed by atoms with Gasteiger partial charge >= 0.3 is 0 Å². The molecule has 0 saturated heterocycles. The van der Waals surface area contributed by atoms with Crippen molar-refractivity contribution in [1.29, 1.82) is 0 Å². The van der Waals surface area contributed by atoms with E-state index in [-0.39, 0.29) is 11.3 Å². The zero-order valence-corrected chi connectivity index (χ0v) is 11.9. The van der Waals surface area contributed by atoms with Gasteiger partial charge in [-0.25, -0.2) is 0 Å². The van der Waals surface area contributed by atoms with Crippen LogP contribution in [0.3, 0.4) is 0 Å². The molecule has 4 heteroatoms. The quantitative estimate of drug-likeness (QED) is 0.438. The molecule has 0 aromatic heterocycles. The summed E-state index contributed by atoms with van der Waals surface area (Å²) in [5.74, 6) is 4.30. The van der Waals surface area contributed by atoms with Crippen LogP contribution in [0.25, 0.3) is 0 Å². The number of amides is 1. The van der Waals surface area contributed by atoms with E-state index in [0.29, 0.717) is 18.8 Å². The molecule has 18 heavy (non-hydrogen) atoms. The number of rotatable bonds is 6. The average molecular weight is 268 g/mol. The zero-order chi connectivity index (χ0) is 13.3. The first kappa shape index (κ1) is 15.4. The van der Waals surface area contributed by atoms with Gasteiger partial charge in [-0.15, -0.1) is 18.2 Å². The lowest BCUT2D eigenvalue weighted by molar-refractivity contribution is -0.131. The predicted octanol–water partition coefficient (Wildman–Crippen LogP) is 1.77. The van der Waals surface area contributed by atoms with Crippen LogP contribution >= 0.6 is 11.8 Å². The first-order valence-electron chi connectivity index (χ1n) is 6.75. The van der Waals surface area contributed by atoms with Crippen LogP contribution in [0.5, 0.6) is 0 Å². The molecule has 0 atom stereocenters. The molecule has 1 aliphatic rings. The number of nitrogens with one attached hydrogen (secondary N) is 1. The fraction of sp³-hybridized carbons (Fsp3) is 0.786. The van der Waals surface area contributed by atoms with Crippen LogP contribution in [-0.2, 0) is 4.79 Å². The Bertz CT molecular complexity index is 291. The van der Waals surface area contributed by atoms with Gasteiger partial charge in [0.05, 0.1) is 11.2 Å². The Labute approximate surface area is 115 Å². The second kappa shape index (κ2) is 8.44. The van der Waals surface area contributed by atoms with Crippen LogP contribution in [0.2, 0.25) is 0 Å². The van der Waals surface area contributed by atoms with Gasteiger partial charge in [0.15, 0.2) is 0 Å². The molecule has 0 aromatic carbocycles. The molecule has 3 N–H and O–H groups in total. The molecule has 0 radical (unpaired) electrons. The molecule has 0 bridgehead atoms. The summed E-state index contributed by atoms with van der Waals surface area (Å²) >= 11 is 1.67. The Kier molecular flexibility index (Phi) is 7.22. The largest absolute Gasteiger partial charge is 0.355 e. The number of carbonyl (C=O) groups is 1. The minimum Gasteiger partial charge on any atom is -0.355 e. The highest BCUT2D eigenvalue weighted by molar-refractivity contribution is 7.99. The first-order valence-corrected chi connectivity index (χ1v) is 7.90. The van der Waals surface area contributed by atoms with E-state index in [1.165, 1.54) is 12.8 Å². The molecule has 1 fully saturated rings. The van der Waals surface area contributed by atoms with Crippen molar-refractivity contribution in [3.63, 3.8) is 0 Å². The van der Waals surface area contributed by atoms with Gasteiger partial charge in [-0.3, -0.25) is 4.79 Å². The maximum Gasteiger partial charge on any atom is 0.227 e. The van der Waals surface area contributed by atoms with Gasteiger partial charge in [-0.1, -0.05) is 31.6 Å². The van der Waals surface area contributed by atoms with Gasteiger partial charge in [0, 0.05) is 18.8 Å². The van der Waals surface area contributed by atoms with Crippen molar-refractivity contribution in [3.8, 4) is 12.3 Å². The molecule has 1 rings (SSSR count). The van der Waals surface area contributed by atoms with Crippen molar-refractivity contribution in [2.24, 2.45) is 11.1 Å². The molecule has 1 saturated carbocycles. The smallest absolute Gasteiger partial charge is 0.227 e. The normalized spacial score (nSPS) is 18.7. The standard InChI is InChI=1S/C14H24N2OS/c1-2-10-18-11-9-16-13(17)14(12-15)7-5-3-4-6-8-14/h1H,3-12,15H2,(H,16,17). The van der Waals surface area contributed by atoms with E-state index in [1.54, 1.807) is 11.8 Å². The number of hydrogen-bond acceptors (Lipinski definition) is 3. The highest BCUT2D eigenvalue weighted by Crippen LogP contribution is 2.34. The minimum absolute atomic E-state index is 0.146. The number of thioether (sulfide) groups is 1. The van der Waals surface area contributed by atoms with Gasteiger partial charge < -0.3 is 11.1 Å². The van der Waals surface area contributed by atoms with Crippen molar-refractivity contribution in [3.05, 3.63) is 0 Å². The summed E-state index contributed by atoms with van der Waals surface area (Å²) in [5, 5.41) is 3.02. The van der Waals surface area contributed by atoms with Crippen molar-refractivity contribution >= 4 is 17.7 Å². The van der Waals surface area contributed by atoms with E-state index >= 15 is 0 Å².